The van der Waals surface area contributed by atoms with Crippen LogP contribution in [0.1, 0.15) is 13.3 Å². The van der Waals surface area contributed by atoms with Crippen LogP contribution in [-0.4, -0.2) is 63.0 Å². The number of hydrogen-bond donors (Lipinski definition) is 2. The van der Waals surface area contributed by atoms with Gasteiger partial charge in [-0.15, -0.1) is 0 Å². The second kappa shape index (κ2) is 5.79. The average molecular weight is 263 g/mol. The van der Waals surface area contributed by atoms with Crippen LogP contribution in [0.15, 0.2) is 0 Å². The van der Waals surface area contributed by atoms with Gasteiger partial charge in [0, 0.05) is 19.1 Å². The standard InChI is InChI=1S/C10H21N3O3S/c1-8-7-17(15,16)6-5-13(8)4-3-9(12-2)10(11)14/h8-9,12H,3-7H2,1-2H3,(H2,11,14). The van der Waals surface area contributed by atoms with E-state index in [1.165, 1.54) is 0 Å². The van der Waals surface area contributed by atoms with Crippen molar-refractivity contribution in [3.05, 3.63) is 0 Å². The van der Waals surface area contributed by atoms with E-state index in [1.54, 1.807) is 7.05 Å². The zero-order chi connectivity index (χ0) is 13.1. The van der Waals surface area contributed by atoms with Crippen LogP contribution >= 0.6 is 0 Å². The molecular formula is C10H21N3O3S. The molecule has 1 heterocycles. The third-order valence-corrected chi connectivity index (χ3v) is 5.00. The molecule has 1 amide bonds. The predicted molar refractivity (Wildman–Crippen MR) is 66.3 cm³/mol. The molecule has 0 saturated carbocycles. The summed E-state index contributed by atoms with van der Waals surface area (Å²) in [5.41, 5.74) is 5.22. The SMILES string of the molecule is CNC(CCN1CCS(=O)(=O)CC1C)C(N)=O. The first kappa shape index (κ1) is 14.4. The van der Waals surface area contributed by atoms with Gasteiger partial charge in [-0.05, 0) is 20.4 Å². The lowest BCUT2D eigenvalue weighted by Gasteiger charge is -2.33. The Hall–Kier alpha value is -0.660. The van der Waals surface area contributed by atoms with E-state index in [2.05, 4.69) is 10.2 Å². The Morgan fingerprint density at radius 3 is 2.71 bits per heavy atom. The van der Waals surface area contributed by atoms with E-state index in [9.17, 15) is 13.2 Å². The Balaban J connectivity index is 2.45. The van der Waals surface area contributed by atoms with Crippen molar-refractivity contribution in [1.82, 2.24) is 10.2 Å². The van der Waals surface area contributed by atoms with Crippen molar-refractivity contribution in [2.75, 3.05) is 31.6 Å². The summed E-state index contributed by atoms with van der Waals surface area (Å²) in [7, 11) is -1.18. The second-order valence-corrected chi connectivity index (χ2v) is 6.76. The molecule has 0 bridgehead atoms. The fraction of sp³-hybridized carbons (Fsp3) is 0.900. The molecule has 0 aliphatic carbocycles. The minimum Gasteiger partial charge on any atom is -0.368 e. The van der Waals surface area contributed by atoms with E-state index < -0.39 is 9.84 Å². The number of rotatable bonds is 5. The van der Waals surface area contributed by atoms with Crippen molar-refractivity contribution < 1.29 is 13.2 Å². The van der Waals surface area contributed by atoms with Crippen molar-refractivity contribution in [3.8, 4) is 0 Å². The number of nitrogens with zero attached hydrogens (tertiary/aromatic N) is 1. The molecule has 7 heteroatoms. The van der Waals surface area contributed by atoms with E-state index in [0.29, 0.717) is 19.5 Å². The second-order valence-electron chi connectivity index (χ2n) is 4.53. The summed E-state index contributed by atoms with van der Waals surface area (Å²) < 4.78 is 22.8. The maximum atomic E-state index is 11.4. The molecule has 1 fully saturated rings. The summed E-state index contributed by atoms with van der Waals surface area (Å²) in [4.78, 5) is 13.1. The minimum atomic E-state index is -2.87. The molecule has 0 aromatic heterocycles. The average Bonchev–Trinajstić information content (AvgIpc) is 2.20. The maximum Gasteiger partial charge on any atom is 0.234 e. The van der Waals surface area contributed by atoms with E-state index in [1.807, 2.05) is 6.92 Å². The quantitative estimate of drug-likeness (QED) is 0.634. The molecule has 0 aromatic carbocycles. The molecule has 1 saturated heterocycles. The molecule has 1 rings (SSSR count). The molecule has 0 radical (unpaired) electrons. The summed E-state index contributed by atoms with van der Waals surface area (Å²) in [6.45, 7) is 3.12. The Labute approximate surface area is 102 Å². The summed E-state index contributed by atoms with van der Waals surface area (Å²) in [6, 6.07) is -0.333. The number of carbonyl (C=O) groups is 1. The third kappa shape index (κ3) is 4.25. The van der Waals surface area contributed by atoms with Gasteiger partial charge in [0.05, 0.1) is 17.5 Å². The molecule has 0 spiro atoms. The first-order valence-electron chi connectivity index (χ1n) is 5.77. The van der Waals surface area contributed by atoms with Gasteiger partial charge in [0.2, 0.25) is 5.91 Å². The fourth-order valence-corrected chi connectivity index (χ4v) is 3.71. The first-order valence-corrected chi connectivity index (χ1v) is 7.59. The Morgan fingerprint density at radius 2 is 2.24 bits per heavy atom. The van der Waals surface area contributed by atoms with Gasteiger partial charge >= 0.3 is 0 Å². The molecule has 1 aliphatic heterocycles. The van der Waals surface area contributed by atoms with Crippen LogP contribution in [0.3, 0.4) is 0 Å². The molecular weight excluding hydrogens is 242 g/mol. The van der Waals surface area contributed by atoms with E-state index >= 15 is 0 Å². The molecule has 1 aliphatic rings. The summed E-state index contributed by atoms with van der Waals surface area (Å²) in [6.07, 6.45) is 0.607. The highest BCUT2D eigenvalue weighted by Crippen LogP contribution is 2.12. The monoisotopic (exact) mass is 263 g/mol. The van der Waals surface area contributed by atoms with Crippen LogP contribution in [0.25, 0.3) is 0 Å². The molecule has 2 unspecified atom stereocenters. The lowest BCUT2D eigenvalue weighted by Crippen LogP contribution is -2.49. The summed E-state index contributed by atoms with van der Waals surface area (Å²) >= 11 is 0. The fourth-order valence-electron chi connectivity index (χ4n) is 2.09. The molecule has 3 N–H and O–H groups in total. The van der Waals surface area contributed by atoms with Crippen molar-refractivity contribution in [2.24, 2.45) is 5.73 Å². The highest BCUT2D eigenvalue weighted by molar-refractivity contribution is 7.91. The molecule has 17 heavy (non-hydrogen) atoms. The van der Waals surface area contributed by atoms with Gasteiger partial charge in [0.15, 0.2) is 9.84 Å². The number of nitrogens with two attached hydrogens (primary N) is 1. The lowest BCUT2D eigenvalue weighted by atomic mass is 10.1. The molecule has 6 nitrogen and oxygen atoms in total. The lowest BCUT2D eigenvalue weighted by molar-refractivity contribution is -0.120. The molecule has 0 aromatic rings. The number of nitrogens with one attached hydrogen (secondary N) is 1. The van der Waals surface area contributed by atoms with Crippen LogP contribution in [0.5, 0.6) is 0 Å². The van der Waals surface area contributed by atoms with Crippen molar-refractivity contribution in [2.45, 2.75) is 25.4 Å². The normalized spacial score (nSPS) is 26.6. The van der Waals surface area contributed by atoms with E-state index in [0.717, 1.165) is 0 Å². The van der Waals surface area contributed by atoms with Gasteiger partial charge in [-0.3, -0.25) is 9.69 Å². The van der Waals surface area contributed by atoms with Crippen molar-refractivity contribution in [1.29, 1.82) is 0 Å². The smallest absolute Gasteiger partial charge is 0.234 e. The Kier molecular flexibility index (Phi) is 4.91. The number of likely N-dealkylation sites (N-methyl/N-ethyl adjacent to an activating group) is 1. The molecule has 100 valence electrons. The van der Waals surface area contributed by atoms with Crippen molar-refractivity contribution in [3.63, 3.8) is 0 Å². The minimum absolute atomic E-state index is 0.0131. The number of primary amides is 1. The Bertz CT molecular complexity index is 369. The number of hydrogen-bond acceptors (Lipinski definition) is 5. The predicted octanol–water partition coefficient (Wildman–Crippen LogP) is -1.43. The van der Waals surface area contributed by atoms with Gasteiger partial charge in [-0.25, -0.2) is 8.42 Å². The van der Waals surface area contributed by atoms with Gasteiger partial charge < -0.3 is 11.1 Å². The largest absolute Gasteiger partial charge is 0.368 e. The number of sulfone groups is 1. The third-order valence-electron chi connectivity index (χ3n) is 3.20. The highest BCUT2D eigenvalue weighted by atomic mass is 32.2. The topological polar surface area (TPSA) is 92.5 Å². The first-order chi connectivity index (χ1) is 7.85. The zero-order valence-corrected chi connectivity index (χ0v) is 11.2. The Morgan fingerprint density at radius 1 is 1.59 bits per heavy atom. The van der Waals surface area contributed by atoms with Gasteiger partial charge in [-0.1, -0.05) is 0 Å². The van der Waals surface area contributed by atoms with Crippen LogP contribution in [0.4, 0.5) is 0 Å². The highest BCUT2D eigenvalue weighted by Gasteiger charge is 2.28. The van der Waals surface area contributed by atoms with E-state index in [4.69, 9.17) is 5.73 Å². The number of amides is 1. The van der Waals surface area contributed by atoms with Crippen molar-refractivity contribution >= 4 is 15.7 Å². The van der Waals surface area contributed by atoms with Crippen LogP contribution in [0, 0.1) is 0 Å². The van der Waals surface area contributed by atoms with Crippen LogP contribution < -0.4 is 11.1 Å². The zero-order valence-electron chi connectivity index (χ0n) is 10.3. The maximum absolute atomic E-state index is 11.4. The van der Waals surface area contributed by atoms with Gasteiger partial charge in [-0.2, -0.15) is 0 Å². The molecule has 2 atom stereocenters. The van der Waals surface area contributed by atoms with Gasteiger partial charge in [0.1, 0.15) is 0 Å². The summed E-state index contributed by atoms with van der Waals surface area (Å²) in [5, 5.41) is 2.85. The number of carbonyl (C=O) groups excluding carboxylic acids is 1. The van der Waals surface area contributed by atoms with Crippen LogP contribution in [0.2, 0.25) is 0 Å². The van der Waals surface area contributed by atoms with E-state index in [-0.39, 0.29) is 29.5 Å². The van der Waals surface area contributed by atoms with Gasteiger partial charge in [0.25, 0.3) is 0 Å². The summed E-state index contributed by atoms with van der Waals surface area (Å²) in [5.74, 6) is 0.0381. The van der Waals surface area contributed by atoms with Crippen LogP contribution in [-0.2, 0) is 14.6 Å².